The minimum Gasteiger partial charge on any atom is -0.461 e. The number of ether oxygens (including phenoxy) is 1. The van der Waals surface area contributed by atoms with Crippen LogP contribution in [0.5, 0.6) is 6.01 Å². The maximum Gasteiger partial charge on any atom is 0.320 e. The fourth-order valence-corrected chi connectivity index (χ4v) is 9.26. The van der Waals surface area contributed by atoms with Crippen LogP contribution in [0.4, 0.5) is 21.0 Å². The quantitative estimate of drug-likeness (QED) is 0.561. The molecule has 0 bridgehead atoms. The number of nitrogen functional groups attached to an aromatic ring is 1. The molecular weight excluding hydrogens is 529 g/mol. The van der Waals surface area contributed by atoms with Crippen molar-refractivity contribution in [2.24, 2.45) is 0 Å². The van der Waals surface area contributed by atoms with Crippen molar-refractivity contribution in [3.05, 3.63) is 22.1 Å². The Labute approximate surface area is 238 Å². The average molecular weight is 568 g/mol. The van der Waals surface area contributed by atoms with Crippen molar-refractivity contribution in [1.82, 2.24) is 14.9 Å². The first-order valence-electron chi connectivity index (χ1n) is 14.6. The maximum atomic E-state index is 14.4. The second-order valence-electron chi connectivity index (χ2n) is 13.0. The lowest BCUT2D eigenvalue weighted by Gasteiger charge is -2.53. The van der Waals surface area contributed by atoms with Crippen molar-refractivity contribution in [3.8, 4) is 12.1 Å². The number of nitriles is 1. The van der Waals surface area contributed by atoms with Gasteiger partial charge in [-0.25, -0.2) is 4.39 Å². The minimum absolute atomic E-state index is 0.0863. The summed E-state index contributed by atoms with van der Waals surface area (Å²) < 4.78 is 20.7. The monoisotopic (exact) mass is 567 g/mol. The highest BCUT2D eigenvalue weighted by Gasteiger charge is 2.51. The molecule has 3 N–H and O–H groups in total. The molecule has 11 heteroatoms. The van der Waals surface area contributed by atoms with Gasteiger partial charge in [0.15, 0.2) is 0 Å². The number of aryl methyl sites for hydroxylation is 1. The molecule has 40 heavy (non-hydrogen) atoms. The molecule has 2 aromatic rings. The second-order valence-corrected chi connectivity index (χ2v) is 14.1. The summed E-state index contributed by atoms with van der Waals surface area (Å²) in [6.45, 7) is 6.47. The molecule has 6 heterocycles. The predicted octanol–water partition coefficient (Wildman–Crippen LogP) is 3.39. The Morgan fingerprint density at radius 1 is 1.15 bits per heavy atom. The molecule has 0 radical (unpaired) electrons. The lowest BCUT2D eigenvalue weighted by molar-refractivity contribution is 0.0446. The number of hydrogen-bond acceptors (Lipinski definition) is 10. The van der Waals surface area contributed by atoms with Crippen LogP contribution in [0.15, 0.2) is 6.07 Å². The van der Waals surface area contributed by atoms with Crippen molar-refractivity contribution < 1.29 is 14.2 Å². The van der Waals surface area contributed by atoms with Gasteiger partial charge in [0.05, 0.1) is 16.7 Å². The average Bonchev–Trinajstić information content (AvgIpc) is 3.53. The number of alkyl halides is 1. The van der Waals surface area contributed by atoms with Gasteiger partial charge in [-0.2, -0.15) is 15.2 Å². The zero-order valence-corrected chi connectivity index (χ0v) is 24.0. The van der Waals surface area contributed by atoms with Crippen LogP contribution in [-0.4, -0.2) is 83.2 Å². The number of halogens is 1. The molecule has 1 spiro atoms. The fourth-order valence-electron chi connectivity index (χ4n) is 8.07. The number of piperidine rings is 1. The number of hydrogen-bond donors (Lipinski definition) is 2. The number of rotatable bonds is 5. The third-order valence-corrected chi connectivity index (χ3v) is 11.0. The van der Waals surface area contributed by atoms with Crippen LogP contribution in [0.1, 0.15) is 67.9 Å². The highest BCUT2D eigenvalue weighted by atomic mass is 32.1. The molecule has 3 atom stereocenters. The Bertz CT molecular complexity index is 1350. The van der Waals surface area contributed by atoms with Gasteiger partial charge in [0.1, 0.15) is 35.5 Å². The summed E-state index contributed by atoms with van der Waals surface area (Å²) in [6.07, 6.45) is 6.40. The second kappa shape index (κ2) is 9.43. The van der Waals surface area contributed by atoms with E-state index in [9.17, 15) is 14.8 Å². The van der Waals surface area contributed by atoms with Gasteiger partial charge in [0.2, 0.25) is 0 Å². The Morgan fingerprint density at radius 3 is 2.70 bits per heavy atom. The molecule has 2 aromatic heterocycles. The van der Waals surface area contributed by atoms with E-state index in [2.05, 4.69) is 20.8 Å². The molecule has 4 aliphatic heterocycles. The number of anilines is 3. The zero-order chi connectivity index (χ0) is 27.7. The van der Waals surface area contributed by atoms with Crippen LogP contribution in [0.25, 0.3) is 0 Å². The van der Waals surface area contributed by atoms with E-state index in [0.717, 1.165) is 88.3 Å². The summed E-state index contributed by atoms with van der Waals surface area (Å²) in [5.41, 5.74) is 6.91. The smallest absolute Gasteiger partial charge is 0.320 e. The summed E-state index contributed by atoms with van der Waals surface area (Å²) in [5, 5.41) is 21.3. The highest BCUT2D eigenvalue weighted by Crippen LogP contribution is 2.51. The third kappa shape index (κ3) is 4.30. The van der Waals surface area contributed by atoms with Gasteiger partial charge in [-0.15, -0.1) is 11.3 Å². The van der Waals surface area contributed by atoms with Crippen LogP contribution in [0.2, 0.25) is 0 Å². The van der Waals surface area contributed by atoms with Crippen LogP contribution < -0.4 is 20.3 Å². The maximum absolute atomic E-state index is 14.4. The molecular formula is C29H38FN7O2S. The number of β-amino-alcohol motifs (C(OH)–C–C–N with tert-alkyl or cyclic N) is 1. The van der Waals surface area contributed by atoms with E-state index in [0.29, 0.717) is 42.7 Å². The molecule has 1 aliphatic carbocycles. The number of fused-ring (bicyclic) bond motifs is 3. The van der Waals surface area contributed by atoms with Crippen molar-refractivity contribution in [1.29, 1.82) is 5.26 Å². The van der Waals surface area contributed by atoms with Gasteiger partial charge in [0, 0.05) is 55.5 Å². The van der Waals surface area contributed by atoms with Crippen LogP contribution >= 0.6 is 11.3 Å². The molecule has 214 valence electrons. The first-order valence-corrected chi connectivity index (χ1v) is 15.5. The molecule has 9 nitrogen and oxygen atoms in total. The molecule has 5 aliphatic rings. The van der Waals surface area contributed by atoms with Crippen molar-refractivity contribution >= 4 is 28.0 Å². The number of thiophene rings is 1. The molecule has 4 fully saturated rings. The normalized spacial score (nSPS) is 31.1. The summed E-state index contributed by atoms with van der Waals surface area (Å²) in [5.74, 6) is 1.54. The zero-order valence-electron chi connectivity index (χ0n) is 23.2. The van der Waals surface area contributed by atoms with Crippen molar-refractivity contribution in [3.63, 3.8) is 0 Å². The van der Waals surface area contributed by atoms with E-state index in [1.54, 1.807) is 11.3 Å². The lowest BCUT2D eigenvalue weighted by atomic mass is 9.66. The van der Waals surface area contributed by atoms with Gasteiger partial charge >= 0.3 is 6.01 Å². The summed E-state index contributed by atoms with van der Waals surface area (Å²) in [6, 6.07) is 4.69. The van der Waals surface area contributed by atoms with Crippen molar-refractivity contribution in [2.75, 3.05) is 61.4 Å². The van der Waals surface area contributed by atoms with Gasteiger partial charge in [-0.3, -0.25) is 4.90 Å². The highest BCUT2D eigenvalue weighted by molar-refractivity contribution is 7.16. The molecule has 0 unspecified atom stereocenters. The number of aromatic nitrogens is 2. The number of nitrogens with zero attached hydrogens (tertiary/aromatic N) is 6. The number of nitrogens with two attached hydrogens (primary N) is 1. The molecule has 4 saturated heterocycles. The van der Waals surface area contributed by atoms with E-state index >= 15 is 0 Å². The third-order valence-electron chi connectivity index (χ3n) is 9.93. The molecule has 0 saturated carbocycles. The topological polar surface area (TPSA) is 115 Å². The van der Waals surface area contributed by atoms with E-state index < -0.39 is 11.8 Å². The van der Waals surface area contributed by atoms with Crippen LogP contribution in [0, 0.1) is 11.3 Å². The summed E-state index contributed by atoms with van der Waals surface area (Å²) in [4.78, 5) is 17.5. The van der Waals surface area contributed by atoms with E-state index in [4.69, 9.17) is 20.4 Å². The van der Waals surface area contributed by atoms with Crippen LogP contribution in [-0.2, 0) is 11.8 Å². The standard InChI is InChI=1S/C29H38FN7O2S/c1-27(38)6-3-9-35(15-27)22-11-23(34-26(33-22)39-18-29-8-4-10-37(29)14-19(30)12-29)36-16-28(17-36)7-2-5-21-24(28)20(13-31)25(32)40-21/h11,19,38H,2-10,12,14-18,32H2,1H3/t19-,27-,29+/m1/s1. The van der Waals surface area contributed by atoms with Gasteiger partial charge in [-0.1, -0.05) is 0 Å². The molecule has 7 rings (SSSR count). The molecule has 0 amide bonds. The molecule has 0 aromatic carbocycles. The Morgan fingerprint density at radius 2 is 1.93 bits per heavy atom. The van der Waals surface area contributed by atoms with Gasteiger partial charge in [0.25, 0.3) is 0 Å². The predicted molar refractivity (Wildman–Crippen MR) is 153 cm³/mol. The Balaban J connectivity index is 1.17. The summed E-state index contributed by atoms with van der Waals surface area (Å²) in [7, 11) is 0. The van der Waals surface area contributed by atoms with Gasteiger partial charge < -0.3 is 25.4 Å². The summed E-state index contributed by atoms with van der Waals surface area (Å²) >= 11 is 1.57. The van der Waals surface area contributed by atoms with E-state index in [-0.39, 0.29) is 11.0 Å². The van der Waals surface area contributed by atoms with Gasteiger partial charge in [-0.05, 0) is 64.0 Å². The Hall–Kier alpha value is -2.68. The van der Waals surface area contributed by atoms with Crippen LogP contribution in [0.3, 0.4) is 0 Å². The Kier molecular flexibility index (Phi) is 6.18. The fraction of sp³-hybridized carbons (Fsp3) is 0.690. The minimum atomic E-state index is -0.815. The largest absolute Gasteiger partial charge is 0.461 e. The first-order chi connectivity index (χ1) is 19.2. The van der Waals surface area contributed by atoms with Crippen molar-refractivity contribution in [2.45, 2.75) is 81.0 Å². The van der Waals surface area contributed by atoms with E-state index in [1.807, 2.05) is 13.0 Å². The lowest BCUT2D eigenvalue weighted by Crippen LogP contribution is -2.61. The number of aliphatic hydroxyl groups is 1. The van der Waals surface area contributed by atoms with E-state index in [1.165, 1.54) is 4.88 Å². The first kappa shape index (κ1) is 26.2. The SMILES string of the molecule is C[C@@]1(O)CCCN(c2cc(N3CC4(CCCc5sc(N)c(C#N)c54)C3)nc(OC[C@@]34CCCN3C[C@H](F)C4)n2)C1.